The maximum Gasteiger partial charge on any atom is 0.267 e. The van der Waals surface area contributed by atoms with E-state index in [-0.39, 0.29) is 5.91 Å². The molecule has 0 bridgehead atoms. The first-order valence-electron chi connectivity index (χ1n) is 8.78. The maximum atomic E-state index is 12.5. The summed E-state index contributed by atoms with van der Waals surface area (Å²) in [5.41, 5.74) is 1.99. The lowest BCUT2D eigenvalue weighted by atomic mass is 10.1. The van der Waals surface area contributed by atoms with Gasteiger partial charge in [0.25, 0.3) is 5.91 Å². The molecule has 8 heteroatoms. The zero-order chi connectivity index (χ0) is 18.8. The zero-order valence-electron chi connectivity index (χ0n) is 15.3. The summed E-state index contributed by atoms with van der Waals surface area (Å²) in [6, 6.07) is 7.82. The maximum absolute atomic E-state index is 12.5. The van der Waals surface area contributed by atoms with Crippen molar-refractivity contribution in [1.82, 2.24) is 9.88 Å². The highest BCUT2D eigenvalue weighted by molar-refractivity contribution is 7.22. The molecule has 1 aliphatic rings. The molecule has 142 valence electrons. The fourth-order valence-electron chi connectivity index (χ4n) is 3.09. The molecule has 0 unspecified atom stereocenters. The van der Waals surface area contributed by atoms with Crippen LogP contribution in [0.4, 0.5) is 5.13 Å². The van der Waals surface area contributed by atoms with Crippen LogP contribution in [0.25, 0.3) is 10.2 Å². The van der Waals surface area contributed by atoms with Crippen molar-refractivity contribution >= 4 is 43.9 Å². The second-order valence-corrected chi connectivity index (χ2v) is 8.66. The SMILES string of the molecule is COc1ccc(CN2CCOCC2)c2sc(NC(=O)c3ccc(C)s3)nc12. The van der Waals surface area contributed by atoms with Gasteiger partial charge in [-0.2, -0.15) is 0 Å². The van der Waals surface area contributed by atoms with E-state index < -0.39 is 0 Å². The Labute approximate surface area is 165 Å². The number of carbonyl (C=O) groups excluding carboxylic acids is 1. The van der Waals surface area contributed by atoms with Crippen molar-refractivity contribution in [3.63, 3.8) is 0 Å². The van der Waals surface area contributed by atoms with Crippen molar-refractivity contribution in [2.45, 2.75) is 13.5 Å². The number of aromatic nitrogens is 1. The predicted octanol–water partition coefficient (Wildman–Crippen LogP) is 3.76. The van der Waals surface area contributed by atoms with Crippen LogP contribution in [0.2, 0.25) is 0 Å². The largest absolute Gasteiger partial charge is 0.494 e. The van der Waals surface area contributed by atoms with Crippen LogP contribution in [-0.4, -0.2) is 49.2 Å². The van der Waals surface area contributed by atoms with Gasteiger partial charge in [-0.1, -0.05) is 17.4 Å². The summed E-state index contributed by atoms with van der Waals surface area (Å²) in [4.78, 5) is 21.3. The van der Waals surface area contributed by atoms with Gasteiger partial charge in [0.1, 0.15) is 11.3 Å². The van der Waals surface area contributed by atoms with E-state index in [1.54, 1.807) is 7.11 Å². The first-order chi connectivity index (χ1) is 13.1. The number of hydrogen-bond acceptors (Lipinski definition) is 7. The van der Waals surface area contributed by atoms with Crippen LogP contribution in [0.1, 0.15) is 20.1 Å². The molecule has 0 radical (unpaired) electrons. The Balaban J connectivity index is 1.62. The van der Waals surface area contributed by atoms with Gasteiger partial charge in [-0.3, -0.25) is 15.0 Å². The van der Waals surface area contributed by atoms with Crippen LogP contribution in [0.5, 0.6) is 5.75 Å². The smallest absolute Gasteiger partial charge is 0.267 e. The van der Waals surface area contributed by atoms with Crippen LogP contribution in [0.15, 0.2) is 24.3 Å². The summed E-state index contributed by atoms with van der Waals surface area (Å²) in [6.45, 7) is 6.21. The number of methoxy groups -OCH3 is 1. The normalized spacial score (nSPS) is 15.2. The molecule has 27 heavy (non-hydrogen) atoms. The number of carbonyl (C=O) groups is 1. The minimum absolute atomic E-state index is 0.124. The summed E-state index contributed by atoms with van der Waals surface area (Å²) in [7, 11) is 1.64. The number of nitrogens with one attached hydrogen (secondary N) is 1. The number of thiophene rings is 1. The van der Waals surface area contributed by atoms with E-state index in [2.05, 4.69) is 21.3 Å². The molecule has 0 saturated carbocycles. The third kappa shape index (κ3) is 3.98. The summed E-state index contributed by atoms with van der Waals surface area (Å²) >= 11 is 2.97. The van der Waals surface area contributed by atoms with E-state index in [0.29, 0.717) is 10.0 Å². The van der Waals surface area contributed by atoms with Crippen LogP contribution >= 0.6 is 22.7 Å². The highest BCUT2D eigenvalue weighted by Gasteiger charge is 2.18. The molecule has 1 aliphatic heterocycles. The molecule has 1 amide bonds. The molecule has 1 fully saturated rings. The molecule has 0 atom stereocenters. The molecule has 0 spiro atoms. The molecule has 3 aromatic rings. The molecule has 4 rings (SSSR count). The van der Waals surface area contributed by atoms with E-state index in [1.165, 1.54) is 28.2 Å². The molecule has 2 aromatic heterocycles. The summed E-state index contributed by atoms with van der Waals surface area (Å²) in [6.07, 6.45) is 0. The first-order valence-corrected chi connectivity index (χ1v) is 10.4. The van der Waals surface area contributed by atoms with Gasteiger partial charge in [0.05, 0.1) is 29.9 Å². The average Bonchev–Trinajstić information content (AvgIpc) is 3.29. The number of morpholine rings is 1. The summed E-state index contributed by atoms with van der Waals surface area (Å²) in [5, 5.41) is 3.52. The van der Waals surface area contributed by atoms with E-state index in [1.807, 2.05) is 25.1 Å². The number of fused-ring (bicyclic) bond motifs is 1. The van der Waals surface area contributed by atoms with Gasteiger partial charge in [-0.25, -0.2) is 4.98 Å². The molecular weight excluding hydrogens is 382 g/mol. The summed E-state index contributed by atoms with van der Waals surface area (Å²) < 4.78 is 12.0. The Kier molecular flexibility index (Phi) is 5.40. The Hall–Kier alpha value is -2.00. The third-order valence-corrected chi connectivity index (χ3v) is 6.54. The third-order valence-electron chi connectivity index (χ3n) is 4.49. The van der Waals surface area contributed by atoms with Crippen molar-refractivity contribution in [3.05, 3.63) is 39.6 Å². The van der Waals surface area contributed by atoms with E-state index in [9.17, 15) is 4.79 Å². The number of thiazole rings is 1. The number of aryl methyl sites for hydroxylation is 1. The predicted molar refractivity (Wildman–Crippen MR) is 109 cm³/mol. The number of anilines is 1. The lowest BCUT2D eigenvalue weighted by molar-refractivity contribution is 0.0344. The Morgan fingerprint density at radius 3 is 2.78 bits per heavy atom. The van der Waals surface area contributed by atoms with E-state index >= 15 is 0 Å². The van der Waals surface area contributed by atoms with Gasteiger partial charge in [0.2, 0.25) is 0 Å². The number of amides is 1. The number of rotatable bonds is 5. The standard InChI is InChI=1S/C19H21N3O3S2/c1-12-3-6-15(26-12)18(23)21-19-20-16-14(24-2)5-4-13(17(16)27-19)11-22-7-9-25-10-8-22/h3-6H,7-11H2,1-2H3,(H,20,21,23). The quantitative estimate of drug-likeness (QED) is 0.703. The van der Waals surface area contributed by atoms with Gasteiger partial charge in [-0.15, -0.1) is 11.3 Å². The van der Waals surface area contributed by atoms with Gasteiger partial charge < -0.3 is 9.47 Å². The number of nitrogens with zero attached hydrogens (tertiary/aromatic N) is 2. The van der Waals surface area contributed by atoms with Crippen LogP contribution < -0.4 is 10.1 Å². The zero-order valence-corrected chi connectivity index (χ0v) is 16.9. The van der Waals surface area contributed by atoms with Gasteiger partial charge in [-0.05, 0) is 30.7 Å². The average molecular weight is 404 g/mol. The van der Waals surface area contributed by atoms with E-state index in [0.717, 1.165) is 53.7 Å². The minimum Gasteiger partial charge on any atom is -0.494 e. The molecule has 0 aliphatic carbocycles. The highest BCUT2D eigenvalue weighted by atomic mass is 32.1. The second-order valence-electron chi connectivity index (χ2n) is 6.38. The Bertz CT molecular complexity index is 960. The van der Waals surface area contributed by atoms with Gasteiger partial charge in [0, 0.05) is 24.5 Å². The van der Waals surface area contributed by atoms with Gasteiger partial charge >= 0.3 is 0 Å². The molecule has 1 N–H and O–H groups in total. The van der Waals surface area contributed by atoms with Crippen LogP contribution in [-0.2, 0) is 11.3 Å². The van der Waals surface area contributed by atoms with Crippen molar-refractivity contribution in [1.29, 1.82) is 0 Å². The summed E-state index contributed by atoms with van der Waals surface area (Å²) in [5.74, 6) is 0.597. The lowest BCUT2D eigenvalue weighted by Gasteiger charge is -2.26. The lowest BCUT2D eigenvalue weighted by Crippen LogP contribution is -2.35. The topological polar surface area (TPSA) is 63.7 Å². The van der Waals surface area contributed by atoms with Crippen molar-refractivity contribution < 1.29 is 14.3 Å². The second kappa shape index (κ2) is 7.93. The molecule has 1 saturated heterocycles. The Morgan fingerprint density at radius 1 is 1.26 bits per heavy atom. The van der Waals surface area contributed by atoms with Crippen LogP contribution in [0.3, 0.4) is 0 Å². The fraction of sp³-hybridized carbons (Fsp3) is 0.368. The van der Waals surface area contributed by atoms with Crippen molar-refractivity contribution in [3.8, 4) is 5.75 Å². The van der Waals surface area contributed by atoms with Crippen molar-refractivity contribution in [2.75, 3.05) is 38.7 Å². The molecular formula is C19H21N3O3S2. The molecule has 6 nitrogen and oxygen atoms in total. The number of hydrogen-bond donors (Lipinski definition) is 1. The monoisotopic (exact) mass is 403 g/mol. The van der Waals surface area contributed by atoms with E-state index in [4.69, 9.17) is 9.47 Å². The minimum atomic E-state index is -0.124. The van der Waals surface area contributed by atoms with Crippen molar-refractivity contribution in [2.24, 2.45) is 0 Å². The number of benzene rings is 1. The highest BCUT2D eigenvalue weighted by Crippen LogP contribution is 2.36. The first kappa shape index (κ1) is 18.4. The molecule has 3 heterocycles. The fourth-order valence-corrected chi connectivity index (χ4v) is 4.84. The molecule has 1 aromatic carbocycles. The number of ether oxygens (including phenoxy) is 2. The van der Waals surface area contributed by atoms with Crippen LogP contribution in [0, 0.1) is 6.92 Å². The van der Waals surface area contributed by atoms with Gasteiger partial charge in [0.15, 0.2) is 5.13 Å². The Morgan fingerprint density at radius 2 is 2.07 bits per heavy atom.